The molecule has 1 aromatic heterocycles. The number of rotatable bonds is 6. The monoisotopic (exact) mass is 256 g/mol. The van der Waals surface area contributed by atoms with E-state index in [1.54, 1.807) is 18.4 Å². The van der Waals surface area contributed by atoms with Crippen LogP contribution in [-0.4, -0.2) is 32.3 Å². The molecule has 17 heavy (non-hydrogen) atoms. The van der Waals surface area contributed by atoms with E-state index < -0.39 is 0 Å². The number of guanidine groups is 1. The van der Waals surface area contributed by atoms with Gasteiger partial charge in [-0.25, -0.2) is 5.84 Å². The predicted octanol–water partition coefficient (Wildman–Crippen LogP) is 0.734. The Hall–Kier alpha value is -1.11. The molecule has 0 aliphatic rings. The zero-order valence-corrected chi connectivity index (χ0v) is 11.1. The van der Waals surface area contributed by atoms with Gasteiger partial charge in [0.15, 0.2) is 0 Å². The molecule has 6 heteroatoms. The van der Waals surface area contributed by atoms with Crippen molar-refractivity contribution in [1.82, 2.24) is 10.7 Å². The van der Waals surface area contributed by atoms with Crippen molar-refractivity contribution in [2.24, 2.45) is 10.8 Å². The third-order valence-corrected chi connectivity index (χ3v) is 2.92. The van der Waals surface area contributed by atoms with Crippen LogP contribution in [-0.2, 0) is 11.2 Å². The highest BCUT2D eigenvalue weighted by Gasteiger charge is 2.03. The van der Waals surface area contributed by atoms with Gasteiger partial charge in [-0.05, 0) is 35.7 Å². The van der Waals surface area contributed by atoms with Crippen LogP contribution in [0.25, 0.3) is 0 Å². The van der Waals surface area contributed by atoms with E-state index in [0.717, 1.165) is 6.42 Å². The summed E-state index contributed by atoms with van der Waals surface area (Å²) in [4.78, 5) is 4.36. The normalized spacial score (nSPS) is 13.5. The van der Waals surface area contributed by atoms with Crippen LogP contribution in [0.3, 0.4) is 0 Å². The molecular formula is C11H20N4OS. The largest absolute Gasteiger partial charge is 0.383 e. The molecule has 1 aromatic rings. The highest BCUT2D eigenvalue weighted by atomic mass is 32.1. The lowest BCUT2D eigenvalue weighted by Crippen LogP contribution is -2.47. The minimum atomic E-state index is 0.177. The molecule has 1 rings (SSSR count). The third-order valence-electron chi connectivity index (χ3n) is 2.19. The van der Waals surface area contributed by atoms with E-state index in [0.29, 0.717) is 19.1 Å². The van der Waals surface area contributed by atoms with Gasteiger partial charge in [0.2, 0.25) is 5.96 Å². The van der Waals surface area contributed by atoms with Crippen LogP contribution in [0.1, 0.15) is 12.5 Å². The van der Waals surface area contributed by atoms with Gasteiger partial charge in [-0.3, -0.25) is 10.4 Å². The number of hydrazine groups is 1. The SMILES string of the molecule is COCC(C)NC(=NCCc1ccsc1)NN. The number of nitrogens with two attached hydrogens (primary N) is 1. The molecule has 0 amide bonds. The first-order valence-corrected chi connectivity index (χ1v) is 6.48. The Labute approximate surface area is 106 Å². The molecule has 96 valence electrons. The van der Waals surface area contributed by atoms with E-state index in [1.807, 2.05) is 6.92 Å². The van der Waals surface area contributed by atoms with Crippen LogP contribution in [0.2, 0.25) is 0 Å². The Morgan fingerprint density at radius 2 is 2.47 bits per heavy atom. The van der Waals surface area contributed by atoms with E-state index in [-0.39, 0.29) is 6.04 Å². The number of thiophene rings is 1. The van der Waals surface area contributed by atoms with E-state index in [2.05, 4.69) is 32.6 Å². The molecule has 0 fully saturated rings. The van der Waals surface area contributed by atoms with Crippen molar-refractivity contribution in [3.05, 3.63) is 22.4 Å². The zero-order chi connectivity index (χ0) is 12.5. The van der Waals surface area contributed by atoms with Crippen molar-refractivity contribution >= 4 is 17.3 Å². The molecule has 0 aliphatic carbocycles. The highest BCUT2D eigenvalue weighted by Crippen LogP contribution is 2.06. The standard InChI is InChI=1S/C11H20N4OS/c1-9(7-16-2)14-11(15-12)13-5-3-10-4-6-17-8-10/h4,6,8-9H,3,5,7,12H2,1-2H3,(H2,13,14,15). The Balaban J connectivity index is 2.33. The molecule has 4 N–H and O–H groups in total. The molecule has 0 saturated carbocycles. The number of hydrogen-bond donors (Lipinski definition) is 3. The van der Waals surface area contributed by atoms with Crippen molar-refractivity contribution in [2.45, 2.75) is 19.4 Å². The van der Waals surface area contributed by atoms with Gasteiger partial charge in [-0.1, -0.05) is 0 Å². The van der Waals surface area contributed by atoms with Crippen LogP contribution in [0, 0.1) is 0 Å². The van der Waals surface area contributed by atoms with Crippen molar-refractivity contribution in [3.63, 3.8) is 0 Å². The Kier molecular flexibility index (Phi) is 6.61. The number of methoxy groups -OCH3 is 1. The van der Waals surface area contributed by atoms with Crippen molar-refractivity contribution in [2.75, 3.05) is 20.3 Å². The summed E-state index contributed by atoms with van der Waals surface area (Å²) in [6.45, 7) is 3.34. The molecule has 0 spiro atoms. The summed E-state index contributed by atoms with van der Waals surface area (Å²) in [6.07, 6.45) is 0.926. The number of ether oxygens (including phenoxy) is 1. The molecule has 0 aliphatic heterocycles. The Morgan fingerprint density at radius 3 is 3.06 bits per heavy atom. The second-order valence-electron chi connectivity index (χ2n) is 3.76. The highest BCUT2D eigenvalue weighted by molar-refractivity contribution is 7.07. The molecule has 0 aromatic carbocycles. The molecule has 0 radical (unpaired) electrons. The van der Waals surface area contributed by atoms with E-state index in [1.165, 1.54) is 5.56 Å². The fourth-order valence-corrected chi connectivity index (χ4v) is 2.09. The summed E-state index contributed by atoms with van der Waals surface area (Å²) in [6, 6.07) is 2.28. The molecule has 1 atom stereocenters. The molecule has 1 heterocycles. The first kappa shape index (κ1) is 14.0. The van der Waals surface area contributed by atoms with Gasteiger partial charge in [0.25, 0.3) is 0 Å². The smallest absolute Gasteiger partial charge is 0.206 e. The van der Waals surface area contributed by atoms with Gasteiger partial charge in [0.1, 0.15) is 0 Å². The minimum Gasteiger partial charge on any atom is -0.383 e. The first-order valence-electron chi connectivity index (χ1n) is 5.54. The Bertz CT molecular complexity index is 326. The van der Waals surface area contributed by atoms with E-state index >= 15 is 0 Å². The van der Waals surface area contributed by atoms with Crippen LogP contribution in [0.15, 0.2) is 21.8 Å². The second-order valence-corrected chi connectivity index (χ2v) is 4.54. The maximum atomic E-state index is 5.39. The van der Waals surface area contributed by atoms with Crippen LogP contribution < -0.4 is 16.6 Å². The van der Waals surface area contributed by atoms with Gasteiger partial charge in [-0.15, -0.1) is 0 Å². The van der Waals surface area contributed by atoms with E-state index in [9.17, 15) is 0 Å². The maximum Gasteiger partial charge on any atom is 0.206 e. The molecule has 0 bridgehead atoms. The summed E-state index contributed by atoms with van der Waals surface area (Å²) in [5.41, 5.74) is 3.86. The Morgan fingerprint density at radius 1 is 1.65 bits per heavy atom. The van der Waals surface area contributed by atoms with Gasteiger partial charge in [0.05, 0.1) is 6.61 Å². The van der Waals surface area contributed by atoms with Gasteiger partial charge in [0, 0.05) is 19.7 Å². The lowest BCUT2D eigenvalue weighted by molar-refractivity contribution is 0.179. The second kappa shape index (κ2) is 8.05. The van der Waals surface area contributed by atoms with Gasteiger partial charge in [-0.2, -0.15) is 11.3 Å². The topological polar surface area (TPSA) is 71.7 Å². The number of nitrogens with zero attached hydrogens (tertiary/aromatic N) is 1. The van der Waals surface area contributed by atoms with E-state index in [4.69, 9.17) is 10.6 Å². The average molecular weight is 256 g/mol. The van der Waals surface area contributed by atoms with Gasteiger partial charge >= 0.3 is 0 Å². The summed E-state index contributed by atoms with van der Waals surface area (Å²) >= 11 is 1.70. The maximum absolute atomic E-state index is 5.39. The zero-order valence-electron chi connectivity index (χ0n) is 10.3. The summed E-state index contributed by atoms with van der Waals surface area (Å²) in [5.74, 6) is 6.00. The lowest BCUT2D eigenvalue weighted by Gasteiger charge is -2.15. The van der Waals surface area contributed by atoms with Crippen LogP contribution in [0.5, 0.6) is 0 Å². The van der Waals surface area contributed by atoms with Crippen molar-refractivity contribution in [3.8, 4) is 0 Å². The van der Waals surface area contributed by atoms with Gasteiger partial charge < -0.3 is 10.1 Å². The molecule has 5 nitrogen and oxygen atoms in total. The quantitative estimate of drug-likeness (QED) is 0.304. The molecular weight excluding hydrogens is 236 g/mol. The van der Waals surface area contributed by atoms with Crippen LogP contribution in [0.4, 0.5) is 0 Å². The summed E-state index contributed by atoms with van der Waals surface area (Å²) < 4.78 is 5.03. The first-order chi connectivity index (χ1) is 8.26. The summed E-state index contributed by atoms with van der Waals surface area (Å²) in [5, 5.41) is 7.34. The number of nitrogens with one attached hydrogen (secondary N) is 2. The fraction of sp³-hybridized carbons (Fsp3) is 0.545. The molecule has 1 unspecified atom stereocenters. The minimum absolute atomic E-state index is 0.177. The molecule has 0 saturated heterocycles. The summed E-state index contributed by atoms with van der Waals surface area (Å²) in [7, 11) is 1.67. The number of hydrogen-bond acceptors (Lipinski definition) is 4. The fourth-order valence-electron chi connectivity index (χ4n) is 1.39. The van der Waals surface area contributed by atoms with Crippen molar-refractivity contribution < 1.29 is 4.74 Å². The lowest BCUT2D eigenvalue weighted by atomic mass is 10.2. The predicted molar refractivity (Wildman–Crippen MR) is 72.1 cm³/mol. The third kappa shape index (κ3) is 5.67. The number of aliphatic imine (C=N–C) groups is 1. The van der Waals surface area contributed by atoms with Crippen molar-refractivity contribution in [1.29, 1.82) is 0 Å². The van der Waals surface area contributed by atoms with Crippen LogP contribution >= 0.6 is 11.3 Å². The average Bonchev–Trinajstić information content (AvgIpc) is 2.81.